The molecule has 2 aromatic heterocycles. The van der Waals surface area contributed by atoms with Gasteiger partial charge in [-0.15, -0.1) is 0 Å². The van der Waals surface area contributed by atoms with E-state index < -0.39 is 0 Å². The van der Waals surface area contributed by atoms with Crippen LogP contribution >= 0.6 is 0 Å². The van der Waals surface area contributed by atoms with Gasteiger partial charge < -0.3 is 9.13 Å². The van der Waals surface area contributed by atoms with E-state index in [-0.39, 0.29) is 0 Å². The van der Waals surface area contributed by atoms with Crippen molar-refractivity contribution < 1.29 is 0 Å². The minimum Gasteiger partial charge on any atom is -0.309 e. The van der Waals surface area contributed by atoms with Crippen LogP contribution in [0.2, 0.25) is 0 Å². The maximum absolute atomic E-state index is 2.50. The van der Waals surface area contributed by atoms with E-state index in [1.165, 1.54) is 77.0 Å². The molecule has 50 heavy (non-hydrogen) atoms. The van der Waals surface area contributed by atoms with Crippen LogP contribution in [0.3, 0.4) is 0 Å². The lowest BCUT2D eigenvalue weighted by Gasteiger charge is -2.18. The zero-order valence-electron chi connectivity index (χ0n) is 27.4. The standard InChI is InChI=1S/C48H32N2/c1-3-15-33(16-4-1)35-29-30-38(34-17-5-2-6-18-34)47(32-35)50-46-28-12-9-23-42(46)43-25-14-24-39(48(43)50)36-19-13-20-37(31-36)49-44-26-10-7-21-40(44)41-22-8-11-27-45(41)49/h1-32H. The Kier molecular flexibility index (Phi) is 6.53. The van der Waals surface area contributed by atoms with E-state index in [2.05, 4.69) is 203 Å². The van der Waals surface area contributed by atoms with Crippen LogP contribution in [0.15, 0.2) is 194 Å². The Morgan fingerprint density at radius 2 is 0.800 bits per heavy atom. The number of rotatable bonds is 5. The predicted octanol–water partition coefficient (Wildman–Crippen LogP) is 12.9. The largest absolute Gasteiger partial charge is 0.309 e. The molecule has 0 atom stereocenters. The Hall–Kier alpha value is -6.64. The van der Waals surface area contributed by atoms with E-state index in [9.17, 15) is 0 Å². The fourth-order valence-corrected chi connectivity index (χ4v) is 7.90. The van der Waals surface area contributed by atoms with Gasteiger partial charge in [0.25, 0.3) is 0 Å². The molecule has 0 radical (unpaired) electrons. The first kappa shape index (κ1) is 28.4. The highest BCUT2D eigenvalue weighted by Crippen LogP contribution is 2.42. The summed E-state index contributed by atoms with van der Waals surface area (Å²) in [5.74, 6) is 0. The molecular weight excluding hydrogens is 605 g/mol. The third-order valence-corrected chi connectivity index (χ3v) is 10.1. The molecule has 0 aliphatic rings. The summed E-state index contributed by atoms with van der Waals surface area (Å²) in [6.45, 7) is 0. The van der Waals surface area contributed by atoms with Crippen LogP contribution in [-0.4, -0.2) is 9.13 Å². The molecule has 0 aliphatic heterocycles. The second-order valence-corrected chi connectivity index (χ2v) is 12.9. The van der Waals surface area contributed by atoms with Crippen molar-refractivity contribution in [1.82, 2.24) is 9.13 Å². The number of hydrogen-bond donors (Lipinski definition) is 0. The summed E-state index contributed by atoms with van der Waals surface area (Å²) in [6.07, 6.45) is 0. The quantitative estimate of drug-likeness (QED) is 0.178. The van der Waals surface area contributed by atoms with Gasteiger partial charge in [0.15, 0.2) is 0 Å². The molecule has 0 saturated carbocycles. The summed E-state index contributed by atoms with van der Waals surface area (Å²) in [5.41, 5.74) is 14.3. The normalized spacial score (nSPS) is 11.6. The van der Waals surface area contributed by atoms with Gasteiger partial charge in [-0.3, -0.25) is 0 Å². The van der Waals surface area contributed by atoms with Crippen molar-refractivity contribution in [1.29, 1.82) is 0 Å². The van der Waals surface area contributed by atoms with Crippen molar-refractivity contribution in [2.24, 2.45) is 0 Å². The van der Waals surface area contributed by atoms with Gasteiger partial charge in [0, 0.05) is 38.4 Å². The van der Waals surface area contributed by atoms with Crippen LogP contribution < -0.4 is 0 Å². The number of nitrogens with zero attached hydrogens (tertiary/aromatic N) is 2. The molecule has 10 rings (SSSR count). The van der Waals surface area contributed by atoms with Crippen LogP contribution in [-0.2, 0) is 0 Å². The Morgan fingerprint density at radius 1 is 0.280 bits per heavy atom. The maximum Gasteiger partial charge on any atom is 0.0619 e. The van der Waals surface area contributed by atoms with Crippen LogP contribution in [0.4, 0.5) is 0 Å². The Balaban J connectivity index is 1.27. The predicted molar refractivity (Wildman–Crippen MR) is 211 cm³/mol. The molecular formula is C48H32N2. The number of hydrogen-bond acceptors (Lipinski definition) is 0. The van der Waals surface area contributed by atoms with Crippen molar-refractivity contribution in [2.45, 2.75) is 0 Å². The van der Waals surface area contributed by atoms with E-state index in [4.69, 9.17) is 0 Å². The molecule has 10 aromatic rings. The van der Waals surface area contributed by atoms with E-state index in [0.29, 0.717) is 0 Å². The number of benzene rings is 8. The van der Waals surface area contributed by atoms with E-state index in [0.717, 1.165) is 11.4 Å². The summed E-state index contributed by atoms with van der Waals surface area (Å²) in [4.78, 5) is 0. The summed E-state index contributed by atoms with van der Waals surface area (Å²) in [7, 11) is 0. The van der Waals surface area contributed by atoms with E-state index >= 15 is 0 Å². The molecule has 0 saturated heterocycles. The van der Waals surface area contributed by atoms with Crippen molar-refractivity contribution in [3.8, 4) is 44.8 Å². The third kappa shape index (κ3) is 4.43. The van der Waals surface area contributed by atoms with E-state index in [1.54, 1.807) is 0 Å². The molecule has 2 heterocycles. The lowest BCUT2D eigenvalue weighted by molar-refractivity contribution is 1.17. The van der Waals surface area contributed by atoms with Crippen molar-refractivity contribution in [3.63, 3.8) is 0 Å². The lowest BCUT2D eigenvalue weighted by Crippen LogP contribution is -2.00. The van der Waals surface area contributed by atoms with Gasteiger partial charge in [-0.05, 0) is 58.7 Å². The minimum atomic E-state index is 1.15. The summed E-state index contributed by atoms with van der Waals surface area (Å²) in [5, 5.41) is 5.02. The van der Waals surface area contributed by atoms with Crippen LogP contribution in [0, 0.1) is 0 Å². The monoisotopic (exact) mass is 636 g/mol. The van der Waals surface area contributed by atoms with Gasteiger partial charge in [-0.2, -0.15) is 0 Å². The fourth-order valence-electron chi connectivity index (χ4n) is 7.90. The highest BCUT2D eigenvalue weighted by atomic mass is 15.0. The third-order valence-electron chi connectivity index (χ3n) is 10.1. The average molecular weight is 637 g/mol. The molecule has 0 aliphatic carbocycles. The van der Waals surface area contributed by atoms with Gasteiger partial charge in [0.2, 0.25) is 0 Å². The van der Waals surface area contributed by atoms with E-state index in [1.807, 2.05) is 0 Å². The highest BCUT2D eigenvalue weighted by molar-refractivity contribution is 6.14. The number of para-hydroxylation sites is 4. The molecule has 2 nitrogen and oxygen atoms in total. The highest BCUT2D eigenvalue weighted by Gasteiger charge is 2.20. The lowest BCUT2D eigenvalue weighted by atomic mass is 9.97. The van der Waals surface area contributed by atoms with Crippen LogP contribution in [0.25, 0.3) is 88.4 Å². The molecule has 0 amide bonds. The average Bonchev–Trinajstić information content (AvgIpc) is 3.72. The van der Waals surface area contributed by atoms with Crippen LogP contribution in [0.1, 0.15) is 0 Å². The number of fused-ring (bicyclic) bond motifs is 6. The smallest absolute Gasteiger partial charge is 0.0619 e. The summed E-state index contributed by atoms with van der Waals surface area (Å²) < 4.78 is 4.91. The van der Waals surface area contributed by atoms with Crippen molar-refractivity contribution in [3.05, 3.63) is 194 Å². The molecule has 0 unspecified atom stereocenters. The first-order chi connectivity index (χ1) is 24.8. The molecule has 234 valence electrons. The zero-order chi connectivity index (χ0) is 33.0. The topological polar surface area (TPSA) is 9.86 Å². The molecule has 2 heteroatoms. The molecule has 0 fully saturated rings. The first-order valence-corrected chi connectivity index (χ1v) is 17.2. The molecule has 0 spiro atoms. The van der Waals surface area contributed by atoms with Crippen LogP contribution in [0.5, 0.6) is 0 Å². The van der Waals surface area contributed by atoms with Gasteiger partial charge in [-0.25, -0.2) is 0 Å². The van der Waals surface area contributed by atoms with Gasteiger partial charge in [0.05, 0.1) is 27.8 Å². The minimum absolute atomic E-state index is 1.15. The Labute approximate surface area is 290 Å². The van der Waals surface area contributed by atoms with Gasteiger partial charge >= 0.3 is 0 Å². The maximum atomic E-state index is 2.50. The second-order valence-electron chi connectivity index (χ2n) is 12.9. The fraction of sp³-hybridized carbons (Fsp3) is 0. The van der Waals surface area contributed by atoms with Crippen molar-refractivity contribution >= 4 is 43.6 Å². The van der Waals surface area contributed by atoms with Gasteiger partial charge in [0.1, 0.15) is 0 Å². The Bertz CT molecular complexity index is 2800. The molecule has 8 aromatic carbocycles. The second kappa shape index (κ2) is 11.5. The molecule has 0 bridgehead atoms. The van der Waals surface area contributed by atoms with Gasteiger partial charge in [-0.1, -0.05) is 158 Å². The Morgan fingerprint density at radius 3 is 1.48 bits per heavy atom. The SMILES string of the molecule is c1ccc(-c2ccc(-c3ccccc3)c(-n3c4ccccc4c4cccc(-c5cccc(-n6c7ccccc7c7ccccc76)c5)c43)c2)cc1. The first-order valence-electron chi connectivity index (χ1n) is 17.2. The summed E-state index contributed by atoms with van der Waals surface area (Å²) in [6, 6.07) is 70.5. The van der Waals surface area contributed by atoms with Crippen molar-refractivity contribution in [2.75, 3.05) is 0 Å². The summed E-state index contributed by atoms with van der Waals surface area (Å²) >= 11 is 0. The molecule has 0 N–H and O–H groups in total. The zero-order valence-corrected chi connectivity index (χ0v) is 27.4. The number of aromatic nitrogens is 2.